The highest BCUT2D eigenvalue weighted by molar-refractivity contribution is 7.92. The molecule has 0 spiro atoms. The molecule has 0 saturated heterocycles. The van der Waals surface area contributed by atoms with Crippen LogP contribution in [0.1, 0.15) is 40.0 Å². The molecule has 0 radical (unpaired) electrons. The lowest BCUT2D eigenvalue weighted by molar-refractivity contribution is -0.148. The molecule has 0 bridgehead atoms. The molecule has 1 rings (SSSR count). The van der Waals surface area contributed by atoms with Crippen LogP contribution in [0, 0.1) is 0 Å². The Morgan fingerprint density at radius 2 is 1.88 bits per heavy atom. The molecule has 0 unspecified atom stereocenters. The third-order valence-corrected chi connectivity index (χ3v) is 5.99. The Balaban J connectivity index is 2.51. The number of hydrogen-bond donors (Lipinski definition) is 2. The van der Waals surface area contributed by atoms with E-state index in [1.165, 1.54) is 0 Å². The second-order valence-electron chi connectivity index (χ2n) is 5.60. The third-order valence-electron chi connectivity index (χ3n) is 3.38. The van der Waals surface area contributed by atoms with Crippen molar-refractivity contribution in [2.45, 2.75) is 50.3 Å². The lowest BCUT2D eigenvalue weighted by Gasteiger charge is -2.38. The zero-order valence-electron chi connectivity index (χ0n) is 10.6. The van der Waals surface area contributed by atoms with Crippen molar-refractivity contribution < 1.29 is 18.3 Å². The van der Waals surface area contributed by atoms with E-state index in [0.717, 1.165) is 6.42 Å². The first-order chi connectivity index (χ1) is 7.61. The van der Waals surface area contributed by atoms with Crippen LogP contribution in [0.4, 0.5) is 0 Å². The molecule has 1 aliphatic carbocycles. The summed E-state index contributed by atoms with van der Waals surface area (Å²) in [5.41, 5.74) is -0.882. The van der Waals surface area contributed by atoms with Crippen molar-refractivity contribution in [3.63, 3.8) is 0 Å². The monoisotopic (exact) mass is 263 g/mol. The summed E-state index contributed by atoms with van der Waals surface area (Å²) in [5.74, 6) is -0.900. The summed E-state index contributed by atoms with van der Waals surface area (Å²) < 4.78 is 22.9. The van der Waals surface area contributed by atoms with E-state index in [9.17, 15) is 13.2 Å². The van der Waals surface area contributed by atoms with Crippen LogP contribution in [0.25, 0.3) is 0 Å². The summed E-state index contributed by atoms with van der Waals surface area (Å²) in [6, 6.07) is 0. The van der Waals surface area contributed by atoms with Gasteiger partial charge in [0.05, 0.1) is 10.5 Å². The minimum absolute atomic E-state index is 0.0223. The zero-order valence-corrected chi connectivity index (χ0v) is 11.4. The lowest BCUT2D eigenvalue weighted by atomic mass is 9.77. The molecule has 0 amide bonds. The Morgan fingerprint density at radius 3 is 2.18 bits per heavy atom. The SMILES string of the molecule is CC(C)(C)S(=O)(=O)CCNC1(C(=O)O)CCC1. The molecule has 0 aromatic heterocycles. The van der Waals surface area contributed by atoms with E-state index in [1.807, 2.05) is 0 Å². The maximum Gasteiger partial charge on any atom is 0.323 e. The molecule has 5 nitrogen and oxygen atoms in total. The first kappa shape index (κ1) is 14.4. The van der Waals surface area contributed by atoms with E-state index in [0.29, 0.717) is 12.8 Å². The van der Waals surface area contributed by atoms with Gasteiger partial charge in [0.2, 0.25) is 0 Å². The maximum absolute atomic E-state index is 11.8. The van der Waals surface area contributed by atoms with Gasteiger partial charge in [0, 0.05) is 6.54 Å². The summed E-state index contributed by atoms with van der Waals surface area (Å²) in [4.78, 5) is 11.0. The van der Waals surface area contributed by atoms with Gasteiger partial charge in [0.15, 0.2) is 9.84 Å². The Bertz CT molecular complexity index is 390. The van der Waals surface area contributed by atoms with Gasteiger partial charge in [-0.1, -0.05) is 0 Å². The van der Waals surface area contributed by atoms with Crippen LogP contribution in [-0.2, 0) is 14.6 Å². The molecular weight excluding hydrogens is 242 g/mol. The van der Waals surface area contributed by atoms with Crippen molar-refractivity contribution in [3.05, 3.63) is 0 Å². The fourth-order valence-corrected chi connectivity index (χ4v) is 2.71. The Morgan fingerprint density at radius 1 is 1.35 bits per heavy atom. The van der Waals surface area contributed by atoms with E-state index in [-0.39, 0.29) is 12.3 Å². The van der Waals surface area contributed by atoms with Gasteiger partial charge in [-0.25, -0.2) is 8.42 Å². The second-order valence-corrected chi connectivity index (χ2v) is 8.46. The molecular formula is C11H21NO4S. The Hall–Kier alpha value is -0.620. The molecule has 1 aliphatic rings. The van der Waals surface area contributed by atoms with Crippen molar-refractivity contribution in [2.24, 2.45) is 0 Å². The summed E-state index contributed by atoms with van der Waals surface area (Å²) in [6.07, 6.45) is 2.04. The van der Waals surface area contributed by atoms with Crippen LogP contribution in [0.3, 0.4) is 0 Å². The average Bonchev–Trinajstić information content (AvgIpc) is 2.06. The summed E-state index contributed by atoms with van der Waals surface area (Å²) in [5, 5.41) is 11.9. The number of carboxylic acid groups (broad SMARTS) is 1. The number of nitrogens with one attached hydrogen (secondary N) is 1. The Labute approximate surface area is 103 Å². The van der Waals surface area contributed by atoms with E-state index >= 15 is 0 Å². The summed E-state index contributed by atoms with van der Waals surface area (Å²) in [6.45, 7) is 5.15. The van der Waals surface area contributed by atoms with Crippen LogP contribution in [-0.4, -0.2) is 42.1 Å². The molecule has 1 fully saturated rings. The van der Waals surface area contributed by atoms with Gasteiger partial charge in [0.25, 0.3) is 0 Å². The van der Waals surface area contributed by atoms with Crippen LogP contribution >= 0.6 is 0 Å². The van der Waals surface area contributed by atoms with Gasteiger partial charge >= 0.3 is 5.97 Å². The molecule has 100 valence electrons. The van der Waals surface area contributed by atoms with Gasteiger partial charge in [0.1, 0.15) is 5.54 Å². The third kappa shape index (κ3) is 2.98. The quantitative estimate of drug-likeness (QED) is 0.766. The summed E-state index contributed by atoms with van der Waals surface area (Å²) in [7, 11) is -3.19. The number of hydrogen-bond acceptors (Lipinski definition) is 4. The van der Waals surface area contributed by atoms with Crippen molar-refractivity contribution in [2.75, 3.05) is 12.3 Å². The van der Waals surface area contributed by atoms with E-state index in [1.54, 1.807) is 20.8 Å². The molecule has 6 heteroatoms. The van der Waals surface area contributed by atoms with Crippen LogP contribution in [0.2, 0.25) is 0 Å². The van der Waals surface area contributed by atoms with Crippen LogP contribution in [0.15, 0.2) is 0 Å². The zero-order chi connectivity index (χ0) is 13.3. The predicted octanol–water partition coefficient (Wildman–Crippen LogP) is 0.797. The van der Waals surface area contributed by atoms with Crippen molar-refractivity contribution in [3.8, 4) is 0 Å². The first-order valence-electron chi connectivity index (χ1n) is 5.81. The topological polar surface area (TPSA) is 83.5 Å². The molecule has 1 saturated carbocycles. The van der Waals surface area contributed by atoms with Crippen LogP contribution < -0.4 is 5.32 Å². The molecule has 0 aliphatic heterocycles. The molecule has 0 atom stereocenters. The van der Waals surface area contributed by atoms with Crippen molar-refractivity contribution in [1.82, 2.24) is 5.32 Å². The largest absolute Gasteiger partial charge is 0.480 e. The average molecular weight is 263 g/mol. The van der Waals surface area contributed by atoms with Gasteiger partial charge in [-0.3, -0.25) is 4.79 Å². The standard InChI is InChI=1S/C11H21NO4S/c1-10(2,3)17(15,16)8-7-12-11(9(13)14)5-4-6-11/h12H,4-8H2,1-3H3,(H,13,14). The van der Waals surface area contributed by atoms with E-state index < -0.39 is 26.1 Å². The van der Waals surface area contributed by atoms with Crippen molar-refractivity contribution >= 4 is 15.8 Å². The highest BCUT2D eigenvalue weighted by atomic mass is 32.2. The summed E-state index contributed by atoms with van der Waals surface area (Å²) >= 11 is 0. The molecule has 0 heterocycles. The molecule has 17 heavy (non-hydrogen) atoms. The van der Waals surface area contributed by atoms with Crippen molar-refractivity contribution in [1.29, 1.82) is 0 Å². The first-order valence-corrected chi connectivity index (χ1v) is 7.47. The Kier molecular flexibility index (Phi) is 3.88. The minimum Gasteiger partial charge on any atom is -0.480 e. The fourth-order valence-electron chi connectivity index (χ4n) is 1.73. The lowest BCUT2D eigenvalue weighted by Crippen LogP contribution is -2.58. The minimum atomic E-state index is -3.19. The molecule has 2 N–H and O–H groups in total. The highest BCUT2D eigenvalue weighted by Gasteiger charge is 2.44. The number of sulfone groups is 1. The smallest absolute Gasteiger partial charge is 0.323 e. The number of carbonyl (C=O) groups is 1. The highest BCUT2D eigenvalue weighted by Crippen LogP contribution is 2.31. The molecule has 0 aromatic carbocycles. The van der Waals surface area contributed by atoms with Gasteiger partial charge in [-0.15, -0.1) is 0 Å². The number of aliphatic carboxylic acids is 1. The van der Waals surface area contributed by atoms with Gasteiger partial charge < -0.3 is 10.4 Å². The van der Waals surface area contributed by atoms with E-state index in [2.05, 4.69) is 5.32 Å². The molecule has 0 aromatic rings. The normalized spacial score (nSPS) is 19.7. The fraction of sp³-hybridized carbons (Fsp3) is 0.909. The van der Waals surface area contributed by atoms with Crippen LogP contribution in [0.5, 0.6) is 0 Å². The van der Waals surface area contributed by atoms with E-state index in [4.69, 9.17) is 5.11 Å². The second kappa shape index (κ2) is 4.57. The van der Waals surface area contributed by atoms with Gasteiger partial charge in [-0.2, -0.15) is 0 Å². The van der Waals surface area contributed by atoms with Gasteiger partial charge in [-0.05, 0) is 40.0 Å². The number of carboxylic acids is 1. The number of rotatable bonds is 5. The predicted molar refractivity (Wildman–Crippen MR) is 65.8 cm³/mol. The maximum atomic E-state index is 11.8.